The average molecular weight is 535 g/mol. The number of rotatable bonds is 7. The van der Waals surface area contributed by atoms with Gasteiger partial charge in [-0.15, -0.1) is 0 Å². The second-order valence-electron chi connectivity index (χ2n) is 9.14. The van der Waals surface area contributed by atoms with Crippen LogP contribution in [0.15, 0.2) is 51.7 Å². The number of hydrogen-bond acceptors (Lipinski definition) is 10. The highest BCUT2D eigenvalue weighted by molar-refractivity contribution is 5.94. The fourth-order valence-corrected chi connectivity index (χ4v) is 4.75. The fraction of sp³-hybridized carbons (Fsp3) is 0.241. The van der Waals surface area contributed by atoms with Crippen molar-refractivity contribution in [2.24, 2.45) is 0 Å². The molecule has 0 spiro atoms. The Morgan fingerprint density at radius 1 is 1.00 bits per heavy atom. The summed E-state index contributed by atoms with van der Waals surface area (Å²) in [6.07, 6.45) is 1.55. The molecule has 2 heterocycles. The first-order chi connectivity index (χ1) is 18.7. The van der Waals surface area contributed by atoms with E-state index in [1.54, 1.807) is 18.2 Å². The van der Waals surface area contributed by atoms with Crippen LogP contribution in [-0.2, 0) is 4.79 Å². The van der Waals surface area contributed by atoms with E-state index in [2.05, 4.69) is 0 Å². The molecular weight excluding hydrogens is 508 g/mol. The molecule has 0 amide bonds. The van der Waals surface area contributed by atoms with Crippen LogP contribution < -0.4 is 19.6 Å². The summed E-state index contributed by atoms with van der Waals surface area (Å²) in [6, 6.07) is 10.0. The van der Waals surface area contributed by atoms with E-state index in [9.17, 15) is 30.0 Å². The zero-order valence-electron chi connectivity index (χ0n) is 21.2. The zero-order chi connectivity index (χ0) is 27.8. The number of fused-ring (bicyclic) bond motifs is 3. The minimum absolute atomic E-state index is 0.0167. The number of carbonyl (C=O) groups is 1. The summed E-state index contributed by atoms with van der Waals surface area (Å²) in [5, 5.41) is 40.8. The average Bonchev–Trinajstić information content (AvgIpc) is 2.91. The number of para-hydroxylation sites is 1. The van der Waals surface area contributed by atoms with Crippen molar-refractivity contribution in [2.45, 2.75) is 32.1 Å². The van der Waals surface area contributed by atoms with Gasteiger partial charge in [0.2, 0.25) is 11.2 Å². The van der Waals surface area contributed by atoms with Gasteiger partial charge in [-0.05, 0) is 30.7 Å². The molecule has 1 aliphatic rings. The summed E-state index contributed by atoms with van der Waals surface area (Å²) in [7, 11) is 1.50. The van der Waals surface area contributed by atoms with Gasteiger partial charge in [0.05, 0.1) is 20.1 Å². The molecule has 4 N–H and O–H groups in total. The molecule has 3 aromatic carbocycles. The molecule has 10 heteroatoms. The molecule has 5 rings (SSSR count). The predicted molar refractivity (Wildman–Crippen MR) is 140 cm³/mol. The van der Waals surface area contributed by atoms with Gasteiger partial charge in [-0.25, -0.2) is 0 Å². The summed E-state index contributed by atoms with van der Waals surface area (Å²) in [4.78, 5) is 26.0. The standard InChI is InChI=1S/C29H26O10/c1-3-4-10-37-28-15(6-5-7-20(28)36-2)16-12-22(33)38-21-13-19(32)24-25(34)26(35)27(39-29(24)23(16)21)14-8-9-17(30)18(31)11-14/h5-9,11,13,16,30-32,35H,3-4,10,12H2,1-2H3/t16-/m1/s1. The number of ether oxygens (including phenoxy) is 3. The maximum atomic E-state index is 13.3. The van der Waals surface area contributed by atoms with Crippen LogP contribution in [-0.4, -0.2) is 40.1 Å². The number of methoxy groups -OCH3 is 1. The van der Waals surface area contributed by atoms with E-state index in [0.717, 1.165) is 25.0 Å². The van der Waals surface area contributed by atoms with Gasteiger partial charge >= 0.3 is 5.97 Å². The van der Waals surface area contributed by atoms with Crippen molar-refractivity contribution in [1.29, 1.82) is 0 Å². The Hall–Kier alpha value is -4.86. The molecular formula is C29H26O10. The highest BCUT2D eigenvalue weighted by atomic mass is 16.5. The molecule has 10 nitrogen and oxygen atoms in total. The lowest BCUT2D eigenvalue weighted by atomic mass is 9.84. The predicted octanol–water partition coefficient (Wildman–Crippen LogP) is 4.91. The number of hydrogen-bond donors (Lipinski definition) is 4. The largest absolute Gasteiger partial charge is 0.507 e. The zero-order valence-corrected chi connectivity index (χ0v) is 21.2. The number of esters is 1. The Morgan fingerprint density at radius 2 is 1.79 bits per heavy atom. The highest BCUT2D eigenvalue weighted by Gasteiger charge is 2.36. The molecule has 0 saturated carbocycles. The quantitative estimate of drug-likeness (QED) is 0.111. The van der Waals surface area contributed by atoms with Crippen molar-refractivity contribution in [2.75, 3.05) is 13.7 Å². The van der Waals surface area contributed by atoms with Crippen LogP contribution in [0.4, 0.5) is 0 Å². The van der Waals surface area contributed by atoms with Gasteiger partial charge in [0, 0.05) is 28.7 Å². The van der Waals surface area contributed by atoms with Crippen LogP contribution in [0.25, 0.3) is 22.3 Å². The van der Waals surface area contributed by atoms with E-state index in [4.69, 9.17) is 18.6 Å². The maximum Gasteiger partial charge on any atom is 0.312 e. The lowest BCUT2D eigenvalue weighted by molar-refractivity contribution is -0.135. The molecule has 1 aliphatic heterocycles. The summed E-state index contributed by atoms with van der Waals surface area (Å²) in [5.41, 5.74) is -0.0875. The van der Waals surface area contributed by atoms with Crippen LogP contribution >= 0.6 is 0 Å². The number of carbonyl (C=O) groups excluding carboxylic acids is 1. The summed E-state index contributed by atoms with van der Waals surface area (Å²) < 4.78 is 23.1. The summed E-state index contributed by atoms with van der Waals surface area (Å²) in [6.45, 7) is 2.43. The third kappa shape index (κ3) is 4.43. The lowest BCUT2D eigenvalue weighted by Gasteiger charge is -2.28. The molecule has 0 bridgehead atoms. The van der Waals surface area contributed by atoms with Gasteiger partial charge in [-0.1, -0.05) is 25.5 Å². The number of phenols is 3. The van der Waals surface area contributed by atoms with Crippen LogP contribution in [0.2, 0.25) is 0 Å². The first-order valence-electron chi connectivity index (χ1n) is 12.3. The number of phenolic OH excluding ortho intramolecular Hbond substituents is 3. The molecule has 202 valence electrons. The van der Waals surface area contributed by atoms with Crippen molar-refractivity contribution in [1.82, 2.24) is 0 Å². The second-order valence-corrected chi connectivity index (χ2v) is 9.14. The van der Waals surface area contributed by atoms with Crippen molar-refractivity contribution in [3.63, 3.8) is 0 Å². The van der Waals surface area contributed by atoms with Gasteiger partial charge in [0.25, 0.3) is 0 Å². The SMILES string of the molecule is CCCCOc1c(OC)cccc1[C@H]1CC(=O)Oc2cc(O)c3c(=O)c(O)c(-c4ccc(O)c(O)c4)oc3c21. The third-order valence-corrected chi connectivity index (χ3v) is 6.65. The first-order valence-corrected chi connectivity index (χ1v) is 12.3. The van der Waals surface area contributed by atoms with E-state index in [1.165, 1.54) is 19.2 Å². The monoisotopic (exact) mass is 534 g/mol. The molecule has 0 aliphatic carbocycles. The van der Waals surface area contributed by atoms with E-state index in [0.29, 0.717) is 23.7 Å². The number of aromatic hydroxyl groups is 4. The molecule has 0 radical (unpaired) electrons. The van der Waals surface area contributed by atoms with Crippen LogP contribution in [0.5, 0.6) is 40.2 Å². The minimum atomic E-state index is -0.931. The first kappa shape index (κ1) is 25.8. The smallest absolute Gasteiger partial charge is 0.312 e. The summed E-state index contributed by atoms with van der Waals surface area (Å²) in [5.74, 6) is -3.02. The Morgan fingerprint density at radius 3 is 2.51 bits per heavy atom. The van der Waals surface area contributed by atoms with Crippen molar-refractivity contribution >= 4 is 16.9 Å². The molecule has 39 heavy (non-hydrogen) atoms. The van der Waals surface area contributed by atoms with Gasteiger partial charge in [0.15, 0.2) is 28.8 Å². The Kier molecular flexibility index (Phi) is 6.69. The third-order valence-electron chi connectivity index (χ3n) is 6.65. The van der Waals surface area contributed by atoms with E-state index < -0.39 is 40.3 Å². The number of benzene rings is 3. The Bertz CT molecular complexity index is 1650. The lowest BCUT2D eigenvalue weighted by Crippen LogP contribution is -2.22. The Balaban J connectivity index is 1.81. The van der Waals surface area contributed by atoms with Crippen LogP contribution in [0, 0.1) is 0 Å². The van der Waals surface area contributed by atoms with Gasteiger partial charge in [-0.3, -0.25) is 9.59 Å². The van der Waals surface area contributed by atoms with Crippen LogP contribution in [0.3, 0.4) is 0 Å². The molecule has 1 atom stereocenters. The van der Waals surface area contributed by atoms with E-state index in [1.807, 2.05) is 6.92 Å². The molecule has 1 aromatic heterocycles. The maximum absolute atomic E-state index is 13.3. The Labute approximate surface area is 222 Å². The molecule has 0 fully saturated rings. The van der Waals surface area contributed by atoms with Gasteiger partial charge in [0.1, 0.15) is 22.5 Å². The van der Waals surface area contributed by atoms with E-state index >= 15 is 0 Å². The van der Waals surface area contributed by atoms with Crippen molar-refractivity contribution in [3.05, 3.63) is 63.8 Å². The summed E-state index contributed by atoms with van der Waals surface area (Å²) >= 11 is 0. The normalized spacial score (nSPS) is 14.6. The molecule has 0 saturated heterocycles. The minimum Gasteiger partial charge on any atom is -0.507 e. The van der Waals surface area contributed by atoms with Gasteiger partial charge in [-0.2, -0.15) is 0 Å². The number of unbranched alkanes of at least 4 members (excludes halogenated alkanes) is 1. The molecule has 4 aromatic rings. The van der Waals surface area contributed by atoms with Crippen molar-refractivity contribution < 1.29 is 43.8 Å². The van der Waals surface area contributed by atoms with E-state index in [-0.39, 0.29) is 40.0 Å². The van der Waals surface area contributed by atoms with Gasteiger partial charge < -0.3 is 39.1 Å². The fourth-order valence-electron chi connectivity index (χ4n) is 4.75. The topological polar surface area (TPSA) is 156 Å². The highest BCUT2D eigenvalue weighted by Crippen LogP contribution is 2.50. The molecule has 0 unspecified atom stereocenters. The second kappa shape index (κ2) is 10.1. The van der Waals surface area contributed by atoms with Crippen LogP contribution in [0.1, 0.15) is 43.2 Å². The van der Waals surface area contributed by atoms with Crippen molar-refractivity contribution in [3.8, 4) is 51.6 Å².